The molecule has 0 radical (unpaired) electrons. The van der Waals surface area contributed by atoms with E-state index in [1.807, 2.05) is 12.1 Å². The number of rotatable bonds is 5. The van der Waals surface area contributed by atoms with E-state index < -0.39 is 0 Å². The van der Waals surface area contributed by atoms with Crippen LogP contribution in [0.4, 0.5) is 0 Å². The summed E-state index contributed by atoms with van der Waals surface area (Å²) < 4.78 is 5.29. The molecule has 1 aromatic heterocycles. The van der Waals surface area contributed by atoms with E-state index >= 15 is 0 Å². The lowest BCUT2D eigenvalue weighted by Gasteiger charge is -2.36. The second kappa shape index (κ2) is 6.96. The Morgan fingerprint density at radius 2 is 2.25 bits per heavy atom. The molecule has 112 valence electrons. The third-order valence-corrected chi connectivity index (χ3v) is 4.61. The molecule has 1 aliphatic carbocycles. The Kier molecular flexibility index (Phi) is 5.27. The third-order valence-electron chi connectivity index (χ3n) is 4.61. The second-order valence-electron chi connectivity index (χ2n) is 6.55. The van der Waals surface area contributed by atoms with Crippen LogP contribution >= 0.6 is 0 Å². The molecule has 3 atom stereocenters. The monoisotopic (exact) mass is 277 g/mol. The third kappa shape index (κ3) is 3.87. The summed E-state index contributed by atoms with van der Waals surface area (Å²) in [6.45, 7) is 7.41. The molecule has 20 heavy (non-hydrogen) atoms. The van der Waals surface area contributed by atoms with Gasteiger partial charge in [0.05, 0.1) is 6.26 Å². The first-order valence-electron chi connectivity index (χ1n) is 7.88. The molecule has 1 saturated carbocycles. The average Bonchev–Trinajstić information content (AvgIpc) is 2.91. The van der Waals surface area contributed by atoms with Crippen molar-refractivity contribution in [1.29, 1.82) is 0 Å². The number of amides is 1. The van der Waals surface area contributed by atoms with Gasteiger partial charge in [-0.05, 0) is 42.7 Å². The Hall–Kier alpha value is -1.25. The molecule has 3 heteroatoms. The van der Waals surface area contributed by atoms with Crippen molar-refractivity contribution < 1.29 is 9.21 Å². The first-order chi connectivity index (χ1) is 9.58. The van der Waals surface area contributed by atoms with E-state index in [0.29, 0.717) is 24.3 Å². The molecule has 1 N–H and O–H groups in total. The molecule has 0 aliphatic heterocycles. The van der Waals surface area contributed by atoms with Gasteiger partial charge in [0.1, 0.15) is 5.76 Å². The smallest absolute Gasteiger partial charge is 0.223 e. The summed E-state index contributed by atoms with van der Waals surface area (Å²) >= 11 is 0. The number of carbonyl (C=O) groups excluding carboxylic acids is 1. The molecular formula is C17H27NO2. The highest BCUT2D eigenvalue weighted by atomic mass is 16.3. The molecule has 3 nitrogen and oxygen atoms in total. The molecular weight excluding hydrogens is 250 g/mol. The lowest BCUT2D eigenvalue weighted by atomic mass is 9.70. The highest BCUT2D eigenvalue weighted by Crippen LogP contribution is 2.38. The molecule has 0 spiro atoms. The zero-order valence-electron chi connectivity index (χ0n) is 12.9. The minimum absolute atomic E-state index is 0.190. The summed E-state index contributed by atoms with van der Waals surface area (Å²) in [5, 5.41) is 3.10. The minimum atomic E-state index is 0.190. The summed E-state index contributed by atoms with van der Waals surface area (Å²) in [7, 11) is 0. The number of nitrogens with one attached hydrogen (secondary N) is 1. The van der Waals surface area contributed by atoms with Crippen LogP contribution in [-0.2, 0) is 11.2 Å². The van der Waals surface area contributed by atoms with Crippen molar-refractivity contribution in [3.63, 3.8) is 0 Å². The van der Waals surface area contributed by atoms with Gasteiger partial charge in [0, 0.05) is 18.9 Å². The summed E-state index contributed by atoms with van der Waals surface area (Å²) in [6.07, 6.45) is 5.94. The van der Waals surface area contributed by atoms with Crippen molar-refractivity contribution in [3.05, 3.63) is 24.2 Å². The van der Waals surface area contributed by atoms with Gasteiger partial charge in [-0.1, -0.05) is 27.2 Å². The normalized spacial score (nSPS) is 26.7. The van der Waals surface area contributed by atoms with Crippen LogP contribution in [0.3, 0.4) is 0 Å². The summed E-state index contributed by atoms with van der Waals surface area (Å²) in [5.74, 6) is 3.16. The van der Waals surface area contributed by atoms with Crippen LogP contribution in [-0.4, -0.2) is 12.5 Å². The Bertz CT molecular complexity index is 411. The fourth-order valence-corrected chi connectivity index (χ4v) is 3.40. The lowest BCUT2D eigenvalue weighted by Crippen LogP contribution is -2.40. The highest BCUT2D eigenvalue weighted by molar-refractivity contribution is 5.79. The van der Waals surface area contributed by atoms with Crippen LogP contribution in [0.1, 0.15) is 45.8 Å². The van der Waals surface area contributed by atoms with Crippen LogP contribution in [0.25, 0.3) is 0 Å². The standard InChI is InChI=1S/C17H27NO2/c1-12(2)15-7-6-13(3)11-16(15)17(19)18-9-8-14-5-4-10-20-14/h4-5,10,12-13,15-16H,6-9,11H2,1-3H3,(H,18,19)/t13-,15+,16-/m1/s1. The fourth-order valence-electron chi connectivity index (χ4n) is 3.40. The Balaban J connectivity index is 1.85. The fraction of sp³-hybridized carbons (Fsp3) is 0.706. The van der Waals surface area contributed by atoms with Crippen molar-refractivity contribution >= 4 is 5.91 Å². The molecule has 0 unspecified atom stereocenters. The SMILES string of the molecule is CC(C)[C@@H]1CC[C@@H](C)C[C@H]1C(=O)NCCc1ccco1. The van der Waals surface area contributed by atoms with E-state index in [2.05, 4.69) is 26.1 Å². The maximum Gasteiger partial charge on any atom is 0.223 e. The zero-order chi connectivity index (χ0) is 14.5. The number of carbonyl (C=O) groups is 1. The van der Waals surface area contributed by atoms with Crippen LogP contribution in [0.2, 0.25) is 0 Å². The maximum atomic E-state index is 12.4. The van der Waals surface area contributed by atoms with Gasteiger partial charge in [-0.15, -0.1) is 0 Å². The van der Waals surface area contributed by atoms with E-state index in [1.165, 1.54) is 12.8 Å². The van der Waals surface area contributed by atoms with E-state index in [-0.39, 0.29) is 11.8 Å². The Morgan fingerprint density at radius 3 is 2.90 bits per heavy atom. The molecule has 0 bridgehead atoms. The molecule has 1 fully saturated rings. The van der Waals surface area contributed by atoms with Gasteiger partial charge in [-0.2, -0.15) is 0 Å². The quantitative estimate of drug-likeness (QED) is 0.892. The van der Waals surface area contributed by atoms with Gasteiger partial charge >= 0.3 is 0 Å². The Labute approximate surface area is 122 Å². The van der Waals surface area contributed by atoms with E-state index in [4.69, 9.17) is 4.42 Å². The van der Waals surface area contributed by atoms with E-state index in [1.54, 1.807) is 6.26 Å². The van der Waals surface area contributed by atoms with Crippen molar-refractivity contribution in [2.75, 3.05) is 6.54 Å². The van der Waals surface area contributed by atoms with Crippen LogP contribution in [0, 0.1) is 23.7 Å². The van der Waals surface area contributed by atoms with Gasteiger partial charge in [-0.25, -0.2) is 0 Å². The number of hydrogen-bond donors (Lipinski definition) is 1. The first kappa shape index (κ1) is 15.1. The predicted octanol–water partition coefficient (Wildman–Crippen LogP) is 3.65. The van der Waals surface area contributed by atoms with Gasteiger partial charge in [-0.3, -0.25) is 4.79 Å². The van der Waals surface area contributed by atoms with Crippen molar-refractivity contribution in [3.8, 4) is 0 Å². The Morgan fingerprint density at radius 1 is 1.45 bits per heavy atom. The zero-order valence-corrected chi connectivity index (χ0v) is 12.9. The van der Waals surface area contributed by atoms with Gasteiger partial charge in [0.2, 0.25) is 5.91 Å². The van der Waals surface area contributed by atoms with E-state index in [0.717, 1.165) is 18.6 Å². The van der Waals surface area contributed by atoms with E-state index in [9.17, 15) is 4.79 Å². The van der Waals surface area contributed by atoms with Crippen molar-refractivity contribution in [1.82, 2.24) is 5.32 Å². The van der Waals surface area contributed by atoms with Crippen molar-refractivity contribution in [2.24, 2.45) is 23.7 Å². The summed E-state index contributed by atoms with van der Waals surface area (Å²) in [4.78, 5) is 12.4. The minimum Gasteiger partial charge on any atom is -0.469 e. The van der Waals surface area contributed by atoms with Gasteiger partial charge < -0.3 is 9.73 Å². The number of hydrogen-bond acceptors (Lipinski definition) is 2. The largest absolute Gasteiger partial charge is 0.469 e. The van der Waals surface area contributed by atoms with Crippen LogP contribution in [0.15, 0.2) is 22.8 Å². The molecule has 1 heterocycles. The lowest BCUT2D eigenvalue weighted by molar-refractivity contribution is -0.129. The molecule has 1 amide bonds. The molecule has 0 aromatic carbocycles. The van der Waals surface area contributed by atoms with Crippen LogP contribution < -0.4 is 5.32 Å². The first-order valence-corrected chi connectivity index (χ1v) is 7.88. The van der Waals surface area contributed by atoms with Crippen molar-refractivity contribution in [2.45, 2.75) is 46.5 Å². The molecule has 0 saturated heterocycles. The van der Waals surface area contributed by atoms with Gasteiger partial charge in [0.15, 0.2) is 0 Å². The second-order valence-corrected chi connectivity index (χ2v) is 6.55. The topological polar surface area (TPSA) is 42.2 Å². The number of furan rings is 1. The predicted molar refractivity (Wildman–Crippen MR) is 80.3 cm³/mol. The molecule has 1 aliphatic rings. The highest BCUT2D eigenvalue weighted by Gasteiger charge is 2.35. The molecule has 1 aromatic rings. The summed E-state index contributed by atoms with van der Waals surface area (Å²) in [6, 6.07) is 3.83. The average molecular weight is 277 g/mol. The maximum absolute atomic E-state index is 12.4. The summed E-state index contributed by atoms with van der Waals surface area (Å²) in [5.41, 5.74) is 0. The van der Waals surface area contributed by atoms with Gasteiger partial charge in [0.25, 0.3) is 0 Å². The molecule has 2 rings (SSSR count). The van der Waals surface area contributed by atoms with Crippen LogP contribution in [0.5, 0.6) is 0 Å².